The highest BCUT2D eigenvalue weighted by molar-refractivity contribution is 5.73. The number of nitrogens with zero attached hydrogens (tertiary/aromatic N) is 1. The molecule has 0 aromatic heterocycles. The Kier molecular flexibility index (Phi) is 4.22. The van der Waals surface area contributed by atoms with Crippen LogP contribution in [-0.2, 0) is 4.84 Å². The zero-order valence-corrected chi connectivity index (χ0v) is 8.34. The summed E-state index contributed by atoms with van der Waals surface area (Å²) >= 11 is 0. The van der Waals surface area contributed by atoms with Crippen molar-refractivity contribution >= 4 is 6.03 Å². The van der Waals surface area contributed by atoms with Gasteiger partial charge in [0.1, 0.15) is 0 Å². The summed E-state index contributed by atoms with van der Waals surface area (Å²) in [7, 11) is 0. The summed E-state index contributed by atoms with van der Waals surface area (Å²) < 4.78 is 25.4. The summed E-state index contributed by atoms with van der Waals surface area (Å²) in [6.45, 7) is -0.670. The molecule has 0 saturated carbocycles. The molecule has 0 radical (unpaired) electrons. The first-order valence-corrected chi connectivity index (χ1v) is 4.81. The fourth-order valence-electron chi connectivity index (χ4n) is 1.12. The number of hydrogen-bond donors (Lipinski definition) is 2. The first kappa shape index (κ1) is 12.1. The second-order valence-electron chi connectivity index (χ2n) is 3.36. The van der Waals surface area contributed by atoms with E-state index in [0.29, 0.717) is 13.2 Å². The van der Waals surface area contributed by atoms with Gasteiger partial charge in [-0.1, -0.05) is 0 Å². The van der Waals surface area contributed by atoms with Crippen molar-refractivity contribution < 1.29 is 18.4 Å². The van der Waals surface area contributed by atoms with Crippen LogP contribution in [0.5, 0.6) is 0 Å². The topological polar surface area (TPSA) is 67.6 Å². The lowest BCUT2D eigenvalue weighted by Crippen LogP contribution is -2.48. The fourth-order valence-corrected chi connectivity index (χ4v) is 1.12. The van der Waals surface area contributed by atoms with Gasteiger partial charge in [-0.3, -0.25) is 4.84 Å². The molecule has 5 nitrogen and oxygen atoms in total. The molecule has 0 unspecified atom stereocenters. The Hall–Kier alpha value is -0.950. The summed E-state index contributed by atoms with van der Waals surface area (Å²) in [6, 6.07) is -0.636. The third-order valence-corrected chi connectivity index (χ3v) is 2.03. The van der Waals surface area contributed by atoms with Crippen LogP contribution in [0.4, 0.5) is 13.6 Å². The molecule has 1 saturated heterocycles. The SMILES string of the molecule is NCC(F)(F)CNC(=O)N1CCCCO1. The molecule has 15 heavy (non-hydrogen) atoms. The van der Waals surface area contributed by atoms with Gasteiger partial charge in [-0.25, -0.2) is 18.6 Å². The molecular formula is C8H15F2N3O2. The molecule has 1 rings (SSSR count). The fraction of sp³-hybridized carbons (Fsp3) is 0.875. The number of nitrogens with one attached hydrogen (secondary N) is 1. The van der Waals surface area contributed by atoms with Crippen molar-refractivity contribution in [2.24, 2.45) is 5.73 Å². The van der Waals surface area contributed by atoms with Gasteiger partial charge in [0.15, 0.2) is 0 Å². The zero-order chi connectivity index (χ0) is 11.3. The number of hydrogen-bond acceptors (Lipinski definition) is 3. The number of nitrogens with two attached hydrogens (primary N) is 1. The Morgan fingerprint density at radius 3 is 2.80 bits per heavy atom. The van der Waals surface area contributed by atoms with E-state index in [1.807, 2.05) is 0 Å². The van der Waals surface area contributed by atoms with Gasteiger partial charge in [0.25, 0.3) is 5.92 Å². The van der Waals surface area contributed by atoms with Crippen LogP contribution in [0.15, 0.2) is 0 Å². The van der Waals surface area contributed by atoms with E-state index in [-0.39, 0.29) is 0 Å². The number of hydroxylamine groups is 2. The summed E-state index contributed by atoms with van der Waals surface area (Å²) in [6.07, 6.45) is 1.70. The number of urea groups is 1. The second kappa shape index (κ2) is 5.22. The van der Waals surface area contributed by atoms with Crippen LogP contribution in [0.3, 0.4) is 0 Å². The minimum absolute atomic E-state index is 0.431. The predicted octanol–water partition coefficient (Wildman–Crippen LogP) is 0.317. The van der Waals surface area contributed by atoms with E-state index < -0.39 is 25.0 Å². The molecule has 0 bridgehead atoms. The van der Waals surface area contributed by atoms with E-state index in [0.717, 1.165) is 17.9 Å². The summed E-state index contributed by atoms with van der Waals surface area (Å²) in [5.41, 5.74) is 4.82. The molecule has 0 aliphatic carbocycles. The normalized spacial score (nSPS) is 17.7. The summed E-state index contributed by atoms with van der Waals surface area (Å²) in [5.74, 6) is -3.06. The number of rotatable bonds is 3. The molecule has 0 aromatic rings. The van der Waals surface area contributed by atoms with Gasteiger partial charge in [0.05, 0.1) is 26.2 Å². The zero-order valence-electron chi connectivity index (χ0n) is 8.34. The Bertz CT molecular complexity index is 220. The van der Waals surface area contributed by atoms with E-state index in [9.17, 15) is 13.6 Å². The van der Waals surface area contributed by atoms with Gasteiger partial charge in [0.2, 0.25) is 0 Å². The lowest BCUT2D eigenvalue weighted by molar-refractivity contribution is -0.140. The molecule has 0 aromatic carbocycles. The van der Waals surface area contributed by atoms with E-state index in [1.54, 1.807) is 0 Å². The number of carbonyl (C=O) groups is 1. The maximum absolute atomic E-state index is 12.7. The van der Waals surface area contributed by atoms with Crippen molar-refractivity contribution in [1.29, 1.82) is 0 Å². The molecule has 1 heterocycles. The first-order valence-electron chi connectivity index (χ1n) is 4.81. The van der Waals surface area contributed by atoms with Crippen molar-refractivity contribution in [2.75, 3.05) is 26.2 Å². The highest BCUT2D eigenvalue weighted by Crippen LogP contribution is 2.10. The number of carbonyl (C=O) groups excluding carboxylic acids is 1. The lowest BCUT2D eigenvalue weighted by atomic mass is 10.3. The average Bonchev–Trinajstić information content (AvgIpc) is 2.27. The average molecular weight is 223 g/mol. The second-order valence-corrected chi connectivity index (χ2v) is 3.36. The van der Waals surface area contributed by atoms with E-state index >= 15 is 0 Å². The van der Waals surface area contributed by atoms with Crippen LogP contribution in [0.1, 0.15) is 12.8 Å². The van der Waals surface area contributed by atoms with Crippen molar-refractivity contribution in [3.63, 3.8) is 0 Å². The summed E-state index contributed by atoms with van der Waals surface area (Å²) in [5, 5.41) is 3.14. The Morgan fingerprint density at radius 2 is 2.27 bits per heavy atom. The number of halogens is 2. The van der Waals surface area contributed by atoms with Crippen molar-refractivity contribution in [3.8, 4) is 0 Å². The molecule has 7 heteroatoms. The maximum atomic E-state index is 12.7. The van der Waals surface area contributed by atoms with Crippen LogP contribution in [0.2, 0.25) is 0 Å². The highest BCUT2D eigenvalue weighted by atomic mass is 19.3. The number of alkyl halides is 2. The van der Waals surface area contributed by atoms with Crippen molar-refractivity contribution in [2.45, 2.75) is 18.8 Å². The van der Waals surface area contributed by atoms with Gasteiger partial charge in [-0.15, -0.1) is 0 Å². The van der Waals surface area contributed by atoms with Crippen LogP contribution >= 0.6 is 0 Å². The minimum Gasteiger partial charge on any atom is -0.330 e. The van der Waals surface area contributed by atoms with Gasteiger partial charge >= 0.3 is 6.03 Å². The Balaban J connectivity index is 2.28. The van der Waals surface area contributed by atoms with Gasteiger partial charge < -0.3 is 11.1 Å². The van der Waals surface area contributed by atoms with Crippen LogP contribution in [0, 0.1) is 0 Å². The predicted molar refractivity (Wildman–Crippen MR) is 49.3 cm³/mol. The molecule has 1 aliphatic rings. The summed E-state index contributed by atoms with van der Waals surface area (Å²) in [4.78, 5) is 16.3. The van der Waals surface area contributed by atoms with Crippen molar-refractivity contribution in [3.05, 3.63) is 0 Å². The third kappa shape index (κ3) is 3.96. The van der Waals surface area contributed by atoms with E-state index in [1.165, 1.54) is 0 Å². The molecule has 1 fully saturated rings. The van der Waals surface area contributed by atoms with Gasteiger partial charge in [-0.2, -0.15) is 0 Å². The number of amides is 2. The molecule has 3 N–H and O–H groups in total. The third-order valence-electron chi connectivity index (χ3n) is 2.03. The highest BCUT2D eigenvalue weighted by Gasteiger charge is 2.28. The minimum atomic E-state index is -3.06. The standard InChI is InChI=1S/C8H15F2N3O2/c9-8(10,5-11)6-12-7(14)13-3-1-2-4-15-13/h1-6,11H2,(H,12,14). The van der Waals surface area contributed by atoms with Crippen LogP contribution < -0.4 is 11.1 Å². The smallest absolute Gasteiger partial charge is 0.330 e. The quantitative estimate of drug-likeness (QED) is 0.724. The van der Waals surface area contributed by atoms with E-state index in [4.69, 9.17) is 10.6 Å². The van der Waals surface area contributed by atoms with Gasteiger partial charge in [0, 0.05) is 0 Å². The Labute approximate surface area is 86.5 Å². The Morgan fingerprint density at radius 1 is 1.53 bits per heavy atom. The molecular weight excluding hydrogens is 208 g/mol. The van der Waals surface area contributed by atoms with E-state index in [2.05, 4.69) is 5.32 Å². The molecule has 0 atom stereocenters. The monoisotopic (exact) mass is 223 g/mol. The molecule has 1 aliphatic heterocycles. The van der Waals surface area contributed by atoms with Crippen LogP contribution in [0.25, 0.3) is 0 Å². The van der Waals surface area contributed by atoms with Crippen molar-refractivity contribution in [1.82, 2.24) is 10.4 Å². The van der Waals surface area contributed by atoms with Crippen LogP contribution in [-0.4, -0.2) is 43.3 Å². The largest absolute Gasteiger partial charge is 0.341 e. The lowest BCUT2D eigenvalue weighted by Gasteiger charge is -2.26. The first-order chi connectivity index (χ1) is 7.05. The molecule has 2 amide bonds. The van der Waals surface area contributed by atoms with Gasteiger partial charge in [-0.05, 0) is 12.8 Å². The maximum Gasteiger partial charge on any atom is 0.341 e. The molecule has 88 valence electrons. The molecule has 0 spiro atoms.